The zero-order valence-corrected chi connectivity index (χ0v) is 15.7. The molecule has 6 nitrogen and oxygen atoms in total. The van der Waals surface area contributed by atoms with E-state index in [0.717, 1.165) is 26.9 Å². The second-order valence-electron chi connectivity index (χ2n) is 5.62. The van der Waals surface area contributed by atoms with Crippen LogP contribution in [0.1, 0.15) is 11.4 Å². The van der Waals surface area contributed by atoms with E-state index >= 15 is 0 Å². The van der Waals surface area contributed by atoms with Crippen molar-refractivity contribution in [3.05, 3.63) is 58.9 Å². The summed E-state index contributed by atoms with van der Waals surface area (Å²) in [4.78, 5) is 0.741. The number of nitrogens with zero attached hydrogens (tertiary/aromatic N) is 4. The third-order valence-corrected chi connectivity index (χ3v) is 5.13. The van der Waals surface area contributed by atoms with Gasteiger partial charge in [0.25, 0.3) is 0 Å². The van der Waals surface area contributed by atoms with E-state index in [2.05, 4.69) is 15.3 Å². The minimum atomic E-state index is 0.628. The van der Waals surface area contributed by atoms with E-state index in [-0.39, 0.29) is 0 Å². The lowest BCUT2D eigenvalue weighted by Gasteiger charge is -2.06. The second-order valence-corrected chi connectivity index (χ2v) is 7.01. The van der Waals surface area contributed by atoms with Crippen LogP contribution in [0.4, 0.5) is 0 Å². The normalized spacial score (nSPS) is 11.0. The van der Waals surface area contributed by atoms with Crippen molar-refractivity contribution < 1.29 is 9.47 Å². The van der Waals surface area contributed by atoms with Crippen LogP contribution in [0.5, 0.6) is 11.5 Å². The number of rotatable bonds is 5. The fourth-order valence-electron chi connectivity index (χ4n) is 2.60. The molecule has 4 aromatic rings. The smallest absolute Gasteiger partial charge is 0.234 e. The Morgan fingerprint density at radius 3 is 2.35 bits per heavy atom. The molecule has 2 heterocycles. The highest BCUT2D eigenvalue weighted by Crippen LogP contribution is 2.32. The Bertz CT molecular complexity index is 1040. The van der Waals surface area contributed by atoms with Crippen LogP contribution in [0.3, 0.4) is 0 Å². The van der Waals surface area contributed by atoms with Crippen molar-refractivity contribution in [2.75, 3.05) is 14.2 Å². The Morgan fingerprint density at radius 2 is 1.69 bits per heavy atom. The molecule has 4 rings (SSSR count). The number of aromatic nitrogens is 4. The molecule has 132 valence electrons. The van der Waals surface area contributed by atoms with Crippen molar-refractivity contribution in [3.8, 4) is 22.1 Å². The first-order valence-electron chi connectivity index (χ1n) is 7.85. The van der Waals surface area contributed by atoms with Crippen molar-refractivity contribution in [2.24, 2.45) is 0 Å². The van der Waals surface area contributed by atoms with Crippen molar-refractivity contribution in [2.45, 2.75) is 6.42 Å². The lowest BCUT2D eigenvalue weighted by atomic mass is 10.1. The molecule has 0 radical (unpaired) electrons. The Balaban J connectivity index is 1.70. The van der Waals surface area contributed by atoms with Gasteiger partial charge in [0.05, 0.1) is 14.2 Å². The molecule has 0 aliphatic rings. The number of benzene rings is 2. The minimum absolute atomic E-state index is 0.628. The molecule has 26 heavy (non-hydrogen) atoms. The summed E-state index contributed by atoms with van der Waals surface area (Å²) in [7, 11) is 3.25. The monoisotopic (exact) mass is 386 g/mol. The van der Waals surface area contributed by atoms with Gasteiger partial charge < -0.3 is 9.47 Å². The van der Waals surface area contributed by atoms with Gasteiger partial charge in [0.2, 0.25) is 4.96 Å². The van der Waals surface area contributed by atoms with Crippen molar-refractivity contribution in [1.82, 2.24) is 19.8 Å². The van der Waals surface area contributed by atoms with E-state index in [4.69, 9.17) is 21.1 Å². The maximum atomic E-state index is 5.94. The second kappa shape index (κ2) is 6.93. The molecular weight excluding hydrogens is 372 g/mol. The van der Waals surface area contributed by atoms with Gasteiger partial charge in [-0.2, -0.15) is 9.61 Å². The van der Waals surface area contributed by atoms with Gasteiger partial charge in [-0.05, 0) is 29.8 Å². The number of ether oxygens (including phenoxy) is 2. The van der Waals surface area contributed by atoms with E-state index in [1.54, 1.807) is 18.7 Å². The quantitative estimate of drug-likeness (QED) is 0.516. The van der Waals surface area contributed by atoms with E-state index in [1.807, 2.05) is 42.5 Å². The number of hydrogen-bond donors (Lipinski definition) is 0. The van der Waals surface area contributed by atoms with E-state index in [0.29, 0.717) is 22.9 Å². The predicted octanol–water partition coefficient (Wildman–Crippen LogP) is 4.11. The molecule has 0 saturated carbocycles. The average molecular weight is 387 g/mol. The SMILES string of the molecule is COc1cc(OC)cc(-c2nn3c(Cc4ccc(Cl)cc4)nnc3s2)c1. The summed E-state index contributed by atoms with van der Waals surface area (Å²) in [6.07, 6.45) is 0.628. The van der Waals surface area contributed by atoms with Gasteiger partial charge in [-0.1, -0.05) is 35.1 Å². The van der Waals surface area contributed by atoms with Crippen LogP contribution in [0, 0.1) is 0 Å². The van der Waals surface area contributed by atoms with Gasteiger partial charge in [0.1, 0.15) is 16.5 Å². The summed E-state index contributed by atoms with van der Waals surface area (Å²) in [6.45, 7) is 0. The molecule has 0 spiro atoms. The highest BCUT2D eigenvalue weighted by molar-refractivity contribution is 7.19. The lowest BCUT2D eigenvalue weighted by molar-refractivity contribution is 0.394. The molecule has 0 bridgehead atoms. The lowest BCUT2D eigenvalue weighted by Crippen LogP contribution is -1.97. The maximum Gasteiger partial charge on any atom is 0.234 e. The summed E-state index contributed by atoms with van der Waals surface area (Å²) in [6, 6.07) is 13.4. The number of hydrogen-bond acceptors (Lipinski definition) is 6. The highest BCUT2D eigenvalue weighted by atomic mass is 35.5. The van der Waals surface area contributed by atoms with E-state index in [9.17, 15) is 0 Å². The zero-order chi connectivity index (χ0) is 18.1. The van der Waals surface area contributed by atoms with Gasteiger partial charge in [-0.3, -0.25) is 0 Å². The van der Waals surface area contributed by atoms with Gasteiger partial charge in [-0.25, -0.2) is 0 Å². The van der Waals surface area contributed by atoms with Crippen LogP contribution in [0.2, 0.25) is 5.02 Å². The third-order valence-electron chi connectivity index (χ3n) is 3.93. The first-order valence-corrected chi connectivity index (χ1v) is 9.04. The molecule has 2 aromatic heterocycles. The summed E-state index contributed by atoms with van der Waals surface area (Å²) in [5.41, 5.74) is 2.01. The molecule has 0 N–H and O–H groups in total. The van der Waals surface area contributed by atoms with Crippen LogP contribution in [0.25, 0.3) is 15.5 Å². The molecule has 0 amide bonds. The Morgan fingerprint density at radius 1 is 1.00 bits per heavy atom. The Hall–Kier alpha value is -2.64. The molecule has 0 saturated heterocycles. The average Bonchev–Trinajstić information content (AvgIpc) is 3.25. The van der Waals surface area contributed by atoms with Crippen LogP contribution in [-0.4, -0.2) is 34.0 Å². The van der Waals surface area contributed by atoms with Crippen LogP contribution < -0.4 is 9.47 Å². The van der Waals surface area contributed by atoms with Gasteiger partial charge in [0.15, 0.2) is 5.82 Å². The van der Waals surface area contributed by atoms with Crippen LogP contribution >= 0.6 is 22.9 Å². The predicted molar refractivity (Wildman–Crippen MR) is 101 cm³/mol. The number of fused-ring (bicyclic) bond motifs is 1. The summed E-state index contributed by atoms with van der Waals surface area (Å²) in [5, 5.41) is 14.7. The van der Waals surface area contributed by atoms with Gasteiger partial charge >= 0.3 is 0 Å². The molecule has 0 fully saturated rings. The van der Waals surface area contributed by atoms with Gasteiger partial charge in [-0.15, -0.1) is 10.2 Å². The van der Waals surface area contributed by atoms with Crippen LogP contribution in [0.15, 0.2) is 42.5 Å². The molecule has 0 atom stereocenters. The fraction of sp³-hybridized carbons (Fsp3) is 0.167. The first-order chi connectivity index (χ1) is 12.7. The van der Waals surface area contributed by atoms with Crippen molar-refractivity contribution >= 4 is 27.9 Å². The molecular formula is C18H15ClN4O2S. The minimum Gasteiger partial charge on any atom is -0.497 e. The van der Waals surface area contributed by atoms with Crippen molar-refractivity contribution in [1.29, 1.82) is 0 Å². The first kappa shape index (κ1) is 16.8. The van der Waals surface area contributed by atoms with E-state index < -0.39 is 0 Å². The molecule has 8 heteroatoms. The van der Waals surface area contributed by atoms with Gasteiger partial charge in [0, 0.05) is 23.1 Å². The summed E-state index contributed by atoms with van der Waals surface area (Å²) < 4.78 is 12.5. The largest absolute Gasteiger partial charge is 0.497 e. The topological polar surface area (TPSA) is 61.5 Å². The summed E-state index contributed by atoms with van der Waals surface area (Å²) in [5.74, 6) is 2.21. The maximum absolute atomic E-state index is 5.94. The highest BCUT2D eigenvalue weighted by Gasteiger charge is 2.15. The van der Waals surface area contributed by atoms with Crippen molar-refractivity contribution in [3.63, 3.8) is 0 Å². The number of methoxy groups -OCH3 is 2. The fourth-order valence-corrected chi connectivity index (χ4v) is 3.57. The Kier molecular flexibility index (Phi) is 4.48. The standard InChI is InChI=1S/C18H15ClN4O2S/c1-24-14-8-12(9-15(10-14)25-2)17-22-23-16(20-21-18(23)26-17)7-11-3-5-13(19)6-4-11/h3-6,8-10H,7H2,1-2H3. The zero-order valence-electron chi connectivity index (χ0n) is 14.1. The molecule has 2 aromatic carbocycles. The summed E-state index contributed by atoms with van der Waals surface area (Å²) >= 11 is 7.41. The Labute approximate surface area is 159 Å². The molecule has 0 aliphatic heterocycles. The van der Waals surface area contributed by atoms with Crippen LogP contribution in [-0.2, 0) is 6.42 Å². The third kappa shape index (κ3) is 3.23. The van der Waals surface area contributed by atoms with E-state index in [1.165, 1.54) is 11.3 Å². The number of halogens is 1. The molecule has 0 unspecified atom stereocenters. The molecule has 0 aliphatic carbocycles.